The zero-order valence-electron chi connectivity index (χ0n) is 10.1. The Labute approximate surface area is 89.1 Å². The molecule has 0 aliphatic rings. The Balaban J connectivity index is 3.94. The van der Waals surface area contributed by atoms with E-state index in [1.165, 1.54) is 0 Å². The van der Waals surface area contributed by atoms with E-state index in [0.29, 0.717) is 5.92 Å². The Hall–Kier alpha value is 0.0969. The van der Waals surface area contributed by atoms with Gasteiger partial charge in [0.2, 0.25) is 0 Å². The van der Waals surface area contributed by atoms with Crippen molar-refractivity contribution in [1.29, 1.82) is 0 Å². The summed E-state index contributed by atoms with van der Waals surface area (Å²) in [6.07, 6.45) is 2.10. The van der Waals surface area contributed by atoms with Gasteiger partial charge >= 0.3 is 8.80 Å². The van der Waals surface area contributed by atoms with Crippen molar-refractivity contribution in [2.24, 2.45) is 5.92 Å². The quantitative estimate of drug-likeness (QED) is 0.589. The highest BCUT2D eigenvalue weighted by atomic mass is 28.4. The Bertz CT molecular complexity index is 135. The van der Waals surface area contributed by atoms with Crippen molar-refractivity contribution in [3.8, 4) is 0 Å². The van der Waals surface area contributed by atoms with Crippen molar-refractivity contribution in [3.63, 3.8) is 0 Å². The molecule has 0 aromatic carbocycles. The van der Waals surface area contributed by atoms with Crippen LogP contribution in [0.15, 0.2) is 0 Å². The fourth-order valence-corrected chi connectivity index (χ4v) is 3.23. The maximum Gasteiger partial charge on any atom is 0.500 e. The summed E-state index contributed by atoms with van der Waals surface area (Å²) in [6, 6.07) is 0.901. The summed E-state index contributed by atoms with van der Waals surface area (Å²) in [5, 5.41) is 0. The number of hydrogen-bond donors (Lipinski definition) is 0. The smallest absolute Gasteiger partial charge is 0.377 e. The predicted molar refractivity (Wildman–Crippen MR) is 60.3 cm³/mol. The van der Waals surface area contributed by atoms with Crippen molar-refractivity contribution in [1.82, 2.24) is 0 Å². The van der Waals surface area contributed by atoms with Gasteiger partial charge < -0.3 is 13.3 Å². The van der Waals surface area contributed by atoms with Crippen LogP contribution < -0.4 is 0 Å². The molecule has 4 heteroatoms. The highest BCUT2D eigenvalue weighted by Crippen LogP contribution is 2.16. The minimum atomic E-state index is -2.31. The van der Waals surface area contributed by atoms with Crippen LogP contribution in [0, 0.1) is 5.92 Å². The molecule has 0 saturated heterocycles. The van der Waals surface area contributed by atoms with Crippen molar-refractivity contribution < 1.29 is 13.3 Å². The van der Waals surface area contributed by atoms with Crippen LogP contribution in [0.3, 0.4) is 0 Å². The average Bonchev–Trinajstić information content (AvgIpc) is 2.16. The lowest BCUT2D eigenvalue weighted by Gasteiger charge is -2.26. The highest BCUT2D eigenvalue weighted by molar-refractivity contribution is 6.60. The van der Waals surface area contributed by atoms with E-state index in [-0.39, 0.29) is 0 Å². The molecule has 0 aliphatic heterocycles. The van der Waals surface area contributed by atoms with Crippen molar-refractivity contribution in [3.05, 3.63) is 0 Å². The molecule has 0 spiro atoms. The Kier molecular flexibility index (Phi) is 7.45. The van der Waals surface area contributed by atoms with E-state index in [2.05, 4.69) is 20.8 Å². The molecule has 0 atom stereocenters. The van der Waals surface area contributed by atoms with Crippen molar-refractivity contribution >= 4 is 8.80 Å². The van der Waals surface area contributed by atoms with Crippen molar-refractivity contribution in [2.75, 3.05) is 20.8 Å². The van der Waals surface area contributed by atoms with Gasteiger partial charge in [0, 0.05) is 26.9 Å². The molecular weight excluding hydrogens is 196 g/mol. The molecule has 0 saturated carbocycles. The summed E-state index contributed by atoms with van der Waals surface area (Å²) >= 11 is 0. The molecule has 0 unspecified atom stereocenters. The molecule has 0 heterocycles. The van der Waals surface area contributed by atoms with E-state index in [1.807, 2.05) is 0 Å². The van der Waals surface area contributed by atoms with Gasteiger partial charge in [-0.05, 0) is 12.3 Å². The predicted octanol–water partition coefficient (Wildman–Crippen LogP) is 2.69. The van der Waals surface area contributed by atoms with Gasteiger partial charge in [-0.2, -0.15) is 0 Å². The molecule has 3 nitrogen and oxygen atoms in total. The van der Waals surface area contributed by atoms with Gasteiger partial charge in [-0.25, -0.2) is 0 Å². The lowest BCUT2D eigenvalue weighted by atomic mass is 10.2. The molecule has 14 heavy (non-hydrogen) atoms. The van der Waals surface area contributed by atoms with Crippen LogP contribution in [-0.4, -0.2) is 29.6 Å². The zero-order valence-corrected chi connectivity index (χ0v) is 11.1. The lowest BCUT2D eigenvalue weighted by molar-refractivity contribution is 0.0934. The van der Waals surface area contributed by atoms with Crippen LogP contribution in [0.5, 0.6) is 0 Å². The van der Waals surface area contributed by atoms with Gasteiger partial charge in [-0.15, -0.1) is 0 Å². The maximum absolute atomic E-state index is 5.77. The molecule has 0 radical (unpaired) electrons. The summed E-state index contributed by atoms with van der Waals surface area (Å²) < 4.78 is 16.6. The summed E-state index contributed by atoms with van der Waals surface area (Å²) in [7, 11) is 1.05. The Morgan fingerprint density at radius 2 is 1.71 bits per heavy atom. The average molecular weight is 220 g/mol. The van der Waals surface area contributed by atoms with Crippen LogP contribution in [-0.2, 0) is 13.3 Å². The molecule has 0 aliphatic carbocycles. The second-order valence-corrected chi connectivity index (χ2v) is 6.84. The first-order valence-electron chi connectivity index (χ1n) is 5.34. The first kappa shape index (κ1) is 14.1. The molecule has 0 N–H and O–H groups in total. The van der Waals surface area contributed by atoms with E-state index in [1.54, 1.807) is 14.2 Å². The summed E-state index contributed by atoms with van der Waals surface area (Å²) in [4.78, 5) is 0. The largest absolute Gasteiger partial charge is 0.500 e. The Morgan fingerprint density at radius 1 is 1.14 bits per heavy atom. The van der Waals surface area contributed by atoms with Gasteiger partial charge in [0.05, 0.1) is 0 Å². The maximum atomic E-state index is 5.77. The van der Waals surface area contributed by atoms with Gasteiger partial charge in [-0.3, -0.25) is 0 Å². The van der Waals surface area contributed by atoms with Crippen LogP contribution in [0.4, 0.5) is 0 Å². The lowest BCUT2D eigenvalue weighted by Crippen LogP contribution is -2.44. The number of hydrogen-bond acceptors (Lipinski definition) is 3. The third kappa shape index (κ3) is 5.10. The molecule has 0 aromatic rings. The first-order chi connectivity index (χ1) is 6.60. The third-order valence-electron chi connectivity index (χ3n) is 2.20. The SMILES string of the molecule is CCC[Si](OC)(OC)OCCC(C)C. The second-order valence-electron chi connectivity index (χ2n) is 3.87. The molecule has 0 amide bonds. The minimum Gasteiger partial charge on any atom is -0.377 e. The van der Waals surface area contributed by atoms with Crippen molar-refractivity contribution in [2.45, 2.75) is 39.7 Å². The fourth-order valence-electron chi connectivity index (χ4n) is 1.23. The van der Waals surface area contributed by atoms with E-state index in [0.717, 1.165) is 25.5 Å². The molecule has 86 valence electrons. The van der Waals surface area contributed by atoms with Gasteiger partial charge in [0.15, 0.2) is 0 Å². The normalized spacial score (nSPS) is 12.4. The van der Waals surface area contributed by atoms with Crippen LogP contribution in [0.1, 0.15) is 33.6 Å². The van der Waals surface area contributed by atoms with Gasteiger partial charge in [0.25, 0.3) is 0 Å². The highest BCUT2D eigenvalue weighted by Gasteiger charge is 2.37. The summed E-state index contributed by atoms with van der Waals surface area (Å²) in [5.74, 6) is 0.664. The minimum absolute atomic E-state index is 0.664. The molecule has 0 rings (SSSR count). The number of rotatable bonds is 8. The van der Waals surface area contributed by atoms with Gasteiger partial charge in [0.1, 0.15) is 0 Å². The standard InChI is InChI=1S/C10H24O3Si/c1-6-9-14(11-4,12-5)13-8-7-10(2)3/h10H,6-9H2,1-5H3. The Morgan fingerprint density at radius 3 is 2.07 bits per heavy atom. The molecular formula is C10H24O3Si. The molecule has 0 aromatic heterocycles. The summed E-state index contributed by atoms with van der Waals surface area (Å²) in [6.45, 7) is 7.23. The second kappa shape index (κ2) is 7.40. The monoisotopic (exact) mass is 220 g/mol. The van der Waals surface area contributed by atoms with Crippen LogP contribution in [0.2, 0.25) is 6.04 Å². The van der Waals surface area contributed by atoms with Crippen LogP contribution >= 0.6 is 0 Å². The molecule has 0 fully saturated rings. The fraction of sp³-hybridized carbons (Fsp3) is 1.00. The van der Waals surface area contributed by atoms with E-state index in [4.69, 9.17) is 13.3 Å². The first-order valence-corrected chi connectivity index (χ1v) is 7.27. The zero-order chi connectivity index (χ0) is 11.0. The van der Waals surface area contributed by atoms with Gasteiger partial charge in [-0.1, -0.05) is 27.2 Å². The third-order valence-corrected chi connectivity index (χ3v) is 5.20. The summed E-state index contributed by atoms with van der Waals surface area (Å²) in [5.41, 5.74) is 0. The van der Waals surface area contributed by atoms with Crippen LogP contribution in [0.25, 0.3) is 0 Å². The van der Waals surface area contributed by atoms with E-state index < -0.39 is 8.80 Å². The van der Waals surface area contributed by atoms with E-state index >= 15 is 0 Å². The molecule has 0 bridgehead atoms. The topological polar surface area (TPSA) is 27.7 Å². The van der Waals surface area contributed by atoms with E-state index in [9.17, 15) is 0 Å².